The fraction of sp³-hybridized carbons (Fsp3) is 0.440. The number of hydrogen-bond acceptors (Lipinski definition) is 5. The second kappa shape index (κ2) is 7.81. The van der Waals surface area contributed by atoms with Crippen molar-refractivity contribution in [1.29, 1.82) is 0 Å². The van der Waals surface area contributed by atoms with Crippen LogP contribution < -0.4 is 20.1 Å². The molecule has 32 heavy (non-hydrogen) atoms. The maximum Gasteiger partial charge on any atom is 0.254 e. The number of ether oxygens (including phenoxy) is 2. The van der Waals surface area contributed by atoms with Gasteiger partial charge < -0.3 is 19.7 Å². The van der Waals surface area contributed by atoms with E-state index in [1.54, 1.807) is 6.07 Å². The monoisotopic (exact) mass is 432 g/mol. The first-order valence-electron chi connectivity index (χ1n) is 11.6. The molecule has 7 nitrogen and oxygen atoms in total. The van der Waals surface area contributed by atoms with Crippen molar-refractivity contribution >= 4 is 17.4 Å². The molecule has 1 saturated heterocycles. The zero-order valence-electron chi connectivity index (χ0n) is 18.1. The van der Waals surface area contributed by atoms with E-state index in [9.17, 15) is 4.79 Å². The number of nitrogens with zero attached hydrogens (tertiary/aromatic N) is 2. The molecule has 1 amide bonds. The Hall–Kier alpha value is -3.06. The Morgan fingerprint density at radius 3 is 2.84 bits per heavy atom. The highest BCUT2D eigenvalue weighted by Crippen LogP contribution is 2.35. The minimum atomic E-state index is -0.367. The molecule has 2 aromatic rings. The van der Waals surface area contributed by atoms with E-state index in [0.29, 0.717) is 36.2 Å². The van der Waals surface area contributed by atoms with Gasteiger partial charge >= 0.3 is 0 Å². The highest BCUT2D eigenvalue weighted by molar-refractivity contribution is 6.05. The van der Waals surface area contributed by atoms with Crippen LogP contribution in [0.25, 0.3) is 0 Å². The summed E-state index contributed by atoms with van der Waals surface area (Å²) in [6.45, 7) is 2.23. The third kappa shape index (κ3) is 3.41. The van der Waals surface area contributed by atoms with E-state index in [-0.39, 0.29) is 18.2 Å². The number of amidine groups is 1. The summed E-state index contributed by atoms with van der Waals surface area (Å²) in [4.78, 5) is 20.5. The number of hydrogen-bond donors (Lipinski definition) is 2. The lowest BCUT2D eigenvalue weighted by molar-refractivity contribution is 0.0785. The van der Waals surface area contributed by atoms with Gasteiger partial charge in [0.2, 0.25) is 6.79 Å². The van der Waals surface area contributed by atoms with E-state index in [2.05, 4.69) is 34.9 Å². The quantitative estimate of drug-likeness (QED) is 0.759. The predicted octanol–water partition coefficient (Wildman–Crippen LogP) is 3.56. The van der Waals surface area contributed by atoms with E-state index < -0.39 is 0 Å². The van der Waals surface area contributed by atoms with Crippen molar-refractivity contribution in [2.75, 3.05) is 25.2 Å². The Kier molecular flexibility index (Phi) is 4.79. The van der Waals surface area contributed by atoms with Crippen molar-refractivity contribution in [2.45, 2.75) is 50.2 Å². The van der Waals surface area contributed by atoms with Gasteiger partial charge in [0.05, 0.1) is 11.6 Å². The Morgan fingerprint density at radius 2 is 1.94 bits per heavy atom. The average Bonchev–Trinajstić information content (AvgIpc) is 3.56. The molecule has 0 bridgehead atoms. The summed E-state index contributed by atoms with van der Waals surface area (Å²) in [6.07, 6.45) is 5.60. The number of rotatable bonds is 2. The molecule has 1 atom stereocenters. The lowest BCUT2D eigenvalue weighted by Gasteiger charge is -2.31. The van der Waals surface area contributed by atoms with Gasteiger partial charge in [0, 0.05) is 30.9 Å². The van der Waals surface area contributed by atoms with Crippen LogP contribution in [0.3, 0.4) is 0 Å². The van der Waals surface area contributed by atoms with Crippen molar-refractivity contribution in [3.05, 3.63) is 53.6 Å². The molecule has 2 aromatic carbocycles. The third-order valence-electron chi connectivity index (χ3n) is 7.15. The number of nitrogens with one attached hydrogen (secondary N) is 2. The molecule has 2 N–H and O–H groups in total. The molecule has 7 heteroatoms. The van der Waals surface area contributed by atoms with E-state index in [1.807, 2.05) is 17.0 Å². The number of benzene rings is 2. The molecular weight excluding hydrogens is 404 g/mol. The van der Waals surface area contributed by atoms with Crippen LogP contribution in [-0.2, 0) is 6.54 Å². The van der Waals surface area contributed by atoms with Crippen molar-refractivity contribution in [2.24, 2.45) is 4.99 Å². The average molecular weight is 433 g/mol. The van der Waals surface area contributed by atoms with Crippen molar-refractivity contribution in [1.82, 2.24) is 10.2 Å². The number of aliphatic imine (C=N–C) groups is 1. The van der Waals surface area contributed by atoms with Crippen LogP contribution in [0.15, 0.2) is 47.5 Å². The summed E-state index contributed by atoms with van der Waals surface area (Å²) >= 11 is 0. The summed E-state index contributed by atoms with van der Waals surface area (Å²) in [5.74, 6) is 2.33. The van der Waals surface area contributed by atoms with Gasteiger partial charge in [-0.25, -0.2) is 0 Å². The minimum absolute atomic E-state index is 0.0175. The van der Waals surface area contributed by atoms with E-state index in [1.165, 1.54) is 18.4 Å². The van der Waals surface area contributed by atoms with Crippen molar-refractivity contribution in [3.8, 4) is 11.5 Å². The lowest BCUT2D eigenvalue weighted by Crippen LogP contribution is -2.55. The van der Waals surface area contributed by atoms with Gasteiger partial charge in [-0.05, 0) is 49.1 Å². The van der Waals surface area contributed by atoms with Crippen molar-refractivity contribution in [3.63, 3.8) is 0 Å². The van der Waals surface area contributed by atoms with Gasteiger partial charge in [0.25, 0.3) is 5.91 Å². The fourth-order valence-electron chi connectivity index (χ4n) is 5.30. The van der Waals surface area contributed by atoms with Crippen molar-refractivity contribution < 1.29 is 14.3 Å². The molecule has 4 aliphatic rings. The normalized spacial score (nSPS) is 25.8. The molecule has 166 valence electrons. The topological polar surface area (TPSA) is 75.2 Å². The largest absolute Gasteiger partial charge is 0.454 e. The second-order valence-electron chi connectivity index (χ2n) is 9.18. The SMILES string of the molecule is O=C(c1ccc2c(c1)OCO2)N1CC[C@]2(C1)NCc1ccccc1NC2=NC1CCCC1. The summed E-state index contributed by atoms with van der Waals surface area (Å²) < 4.78 is 10.9. The van der Waals surface area contributed by atoms with Crippen LogP contribution in [0.4, 0.5) is 5.69 Å². The summed E-state index contributed by atoms with van der Waals surface area (Å²) in [7, 11) is 0. The number of fused-ring (bicyclic) bond motifs is 2. The number of anilines is 1. The number of carbonyl (C=O) groups is 1. The standard InChI is InChI=1S/C25H28N4O3/c30-23(17-9-10-21-22(13-17)32-16-31-21)29-12-11-25(15-29)24(27-19-6-2-3-7-19)28-20-8-4-1-5-18(20)14-26-25/h1,4-5,8-10,13,19,26H,2-3,6-7,11-12,14-16H2,(H,27,28)/t25-/m1/s1. The Bertz CT molecular complexity index is 1080. The van der Waals surface area contributed by atoms with E-state index in [0.717, 1.165) is 37.3 Å². The molecule has 0 radical (unpaired) electrons. The molecule has 6 rings (SSSR count). The Morgan fingerprint density at radius 1 is 1.09 bits per heavy atom. The van der Waals surface area contributed by atoms with Gasteiger partial charge in [-0.2, -0.15) is 0 Å². The molecule has 0 aromatic heterocycles. The smallest absolute Gasteiger partial charge is 0.254 e. The molecular formula is C25H28N4O3. The first-order valence-corrected chi connectivity index (χ1v) is 11.6. The minimum Gasteiger partial charge on any atom is -0.454 e. The highest BCUT2D eigenvalue weighted by atomic mass is 16.7. The Balaban J connectivity index is 1.29. The second-order valence-corrected chi connectivity index (χ2v) is 9.18. The Labute approximate surface area is 187 Å². The molecule has 3 heterocycles. The predicted molar refractivity (Wildman–Crippen MR) is 122 cm³/mol. The summed E-state index contributed by atoms with van der Waals surface area (Å²) in [5.41, 5.74) is 2.59. The van der Waals surface area contributed by atoms with Crippen LogP contribution in [0.1, 0.15) is 48.0 Å². The van der Waals surface area contributed by atoms with E-state index >= 15 is 0 Å². The van der Waals surface area contributed by atoms with Gasteiger partial charge in [-0.3, -0.25) is 15.1 Å². The first-order chi connectivity index (χ1) is 15.7. The molecule has 1 spiro atoms. The maximum atomic E-state index is 13.4. The number of amides is 1. The van der Waals surface area contributed by atoms with Gasteiger partial charge in [0.1, 0.15) is 5.84 Å². The number of carbonyl (C=O) groups excluding carboxylic acids is 1. The first kappa shape index (κ1) is 19.6. The van der Waals surface area contributed by atoms with Crippen LogP contribution in [0.5, 0.6) is 11.5 Å². The molecule has 1 aliphatic carbocycles. The van der Waals surface area contributed by atoms with Crippen LogP contribution in [0, 0.1) is 0 Å². The zero-order valence-corrected chi connectivity index (χ0v) is 18.1. The van der Waals surface area contributed by atoms with Crippen LogP contribution >= 0.6 is 0 Å². The zero-order chi connectivity index (χ0) is 21.5. The van der Waals surface area contributed by atoms with Gasteiger partial charge in [-0.15, -0.1) is 0 Å². The number of likely N-dealkylation sites (tertiary alicyclic amines) is 1. The summed E-state index contributed by atoms with van der Waals surface area (Å²) in [5, 5.41) is 7.45. The highest BCUT2D eigenvalue weighted by Gasteiger charge is 2.46. The van der Waals surface area contributed by atoms with Crippen LogP contribution in [-0.4, -0.2) is 48.1 Å². The molecule has 1 saturated carbocycles. The van der Waals surface area contributed by atoms with Gasteiger partial charge in [-0.1, -0.05) is 31.0 Å². The molecule has 0 unspecified atom stereocenters. The molecule has 3 aliphatic heterocycles. The lowest BCUT2D eigenvalue weighted by atomic mass is 9.96. The fourth-order valence-corrected chi connectivity index (χ4v) is 5.30. The number of para-hydroxylation sites is 1. The summed E-state index contributed by atoms with van der Waals surface area (Å²) in [6, 6.07) is 14.2. The van der Waals surface area contributed by atoms with E-state index in [4.69, 9.17) is 14.5 Å². The van der Waals surface area contributed by atoms with Crippen LogP contribution in [0.2, 0.25) is 0 Å². The third-order valence-corrected chi connectivity index (χ3v) is 7.15. The molecule has 2 fully saturated rings. The van der Waals surface area contributed by atoms with Gasteiger partial charge in [0.15, 0.2) is 11.5 Å². The maximum absolute atomic E-state index is 13.4.